The van der Waals surface area contributed by atoms with Crippen molar-refractivity contribution in [1.29, 1.82) is 0 Å². The first kappa shape index (κ1) is 20.2. The van der Waals surface area contributed by atoms with Crippen LogP contribution >= 0.6 is 0 Å². The van der Waals surface area contributed by atoms with E-state index in [-0.39, 0.29) is 22.7 Å². The normalized spacial score (nSPS) is 12.2. The molecule has 0 heterocycles. The fourth-order valence-electron chi connectivity index (χ4n) is 1.96. The van der Waals surface area contributed by atoms with E-state index in [9.17, 15) is 23.3 Å². The molecule has 0 atom stereocenters. The van der Waals surface area contributed by atoms with E-state index in [1.807, 2.05) is 0 Å². The van der Waals surface area contributed by atoms with Gasteiger partial charge < -0.3 is 9.57 Å². The van der Waals surface area contributed by atoms with Gasteiger partial charge in [0, 0.05) is 6.07 Å². The Hall–Kier alpha value is -3.10. The van der Waals surface area contributed by atoms with Crippen LogP contribution in [0.4, 0.5) is 18.9 Å². The van der Waals surface area contributed by atoms with Crippen molar-refractivity contribution >= 4 is 11.9 Å². The first-order chi connectivity index (χ1) is 12.5. The minimum absolute atomic E-state index is 0.133. The van der Waals surface area contributed by atoms with Crippen molar-refractivity contribution in [2.45, 2.75) is 32.5 Å². The summed E-state index contributed by atoms with van der Waals surface area (Å²) in [7, 11) is 0. The first-order valence-electron chi connectivity index (χ1n) is 7.81. The molecule has 6 nitrogen and oxygen atoms in total. The van der Waals surface area contributed by atoms with Crippen molar-refractivity contribution in [3.8, 4) is 11.5 Å². The molecule has 0 amide bonds. The van der Waals surface area contributed by atoms with E-state index in [1.54, 1.807) is 20.8 Å². The van der Waals surface area contributed by atoms with Crippen LogP contribution in [0.1, 0.15) is 31.9 Å². The number of rotatable bonds is 5. The van der Waals surface area contributed by atoms with Gasteiger partial charge in [-0.05, 0) is 57.2 Å². The second kappa shape index (κ2) is 7.65. The van der Waals surface area contributed by atoms with Crippen LogP contribution in [0.25, 0.3) is 0 Å². The molecule has 0 aliphatic heterocycles. The van der Waals surface area contributed by atoms with Gasteiger partial charge in [0.15, 0.2) is 0 Å². The van der Waals surface area contributed by atoms with E-state index in [2.05, 4.69) is 5.16 Å². The number of hydrogen-bond donors (Lipinski definition) is 0. The average molecular weight is 382 g/mol. The molecule has 0 aliphatic carbocycles. The van der Waals surface area contributed by atoms with Crippen LogP contribution in [0.5, 0.6) is 11.5 Å². The van der Waals surface area contributed by atoms with Gasteiger partial charge in [-0.15, -0.1) is 0 Å². The predicted octanol–water partition coefficient (Wildman–Crippen LogP) is 5.55. The van der Waals surface area contributed by atoms with Crippen LogP contribution < -0.4 is 4.74 Å². The number of nitro benzene ring substituents is 1. The Labute approximate surface area is 153 Å². The summed E-state index contributed by atoms with van der Waals surface area (Å²) in [4.78, 5) is 15.7. The molecule has 0 fully saturated rings. The number of ether oxygens (including phenoxy) is 1. The number of hydrogen-bond acceptors (Lipinski definition) is 5. The second-order valence-corrected chi connectivity index (χ2v) is 6.54. The SMILES string of the molecule is CC(C)(C)ON=Cc1cc(Oc2ccc(C(F)(F)F)cc2)ccc1[N+](=O)[O-]. The lowest BCUT2D eigenvalue weighted by molar-refractivity contribution is -0.385. The minimum Gasteiger partial charge on any atom is -0.457 e. The third kappa shape index (κ3) is 5.98. The first-order valence-corrected chi connectivity index (χ1v) is 7.81. The van der Waals surface area contributed by atoms with Gasteiger partial charge in [-0.1, -0.05) is 5.16 Å². The van der Waals surface area contributed by atoms with E-state index in [0.717, 1.165) is 12.1 Å². The van der Waals surface area contributed by atoms with Crippen LogP contribution in [-0.4, -0.2) is 16.7 Å². The van der Waals surface area contributed by atoms with Crippen molar-refractivity contribution in [2.75, 3.05) is 0 Å². The highest BCUT2D eigenvalue weighted by Gasteiger charge is 2.30. The van der Waals surface area contributed by atoms with Gasteiger partial charge in [-0.3, -0.25) is 10.1 Å². The van der Waals surface area contributed by atoms with Gasteiger partial charge in [0.2, 0.25) is 0 Å². The Morgan fingerprint density at radius 3 is 2.15 bits per heavy atom. The maximum Gasteiger partial charge on any atom is 0.416 e. The molecular weight excluding hydrogens is 365 g/mol. The van der Waals surface area contributed by atoms with Gasteiger partial charge in [0.25, 0.3) is 5.69 Å². The summed E-state index contributed by atoms with van der Waals surface area (Å²) in [6.45, 7) is 5.30. The lowest BCUT2D eigenvalue weighted by atomic mass is 10.2. The zero-order chi connectivity index (χ0) is 20.2. The maximum atomic E-state index is 12.6. The zero-order valence-electron chi connectivity index (χ0n) is 14.8. The summed E-state index contributed by atoms with van der Waals surface area (Å²) in [5.74, 6) is 0.364. The molecule has 0 aromatic heterocycles. The van der Waals surface area contributed by atoms with E-state index in [0.29, 0.717) is 0 Å². The third-order valence-corrected chi connectivity index (χ3v) is 3.13. The van der Waals surface area contributed by atoms with E-state index in [1.165, 1.54) is 36.5 Å². The van der Waals surface area contributed by atoms with Crippen LogP contribution in [0.3, 0.4) is 0 Å². The molecule has 0 bridgehead atoms. The fraction of sp³-hybridized carbons (Fsp3) is 0.278. The number of nitro groups is 1. The number of halogens is 3. The Balaban J connectivity index is 2.25. The molecule has 144 valence electrons. The van der Waals surface area contributed by atoms with Crippen LogP contribution in [0, 0.1) is 10.1 Å². The smallest absolute Gasteiger partial charge is 0.416 e. The molecule has 0 unspecified atom stereocenters. The molecule has 2 aromatic carbocycles. The highest BCUT2D eigenvalue weighted by molar-refractivity contribution is 5.85. The van der Waals surface area contributed by atoms with Crippen molar-refractivity contribution in [1.82, 2.24) is 0 Å². The molecule has 0 spiro atoms. The van der Waals surface area contributed by atoms with E-state index >= 15 is 0 Å². The molecule has 0 saturated carbocycles. The number of alkyl halides is 3. The summed E-state index contributed by atoms with van der Waals surface area (Å²) in [6.07, 6.45) is -3.26. The summed E-state index contributed by atoms with van der Waals surface area (Å²) < 4.78 is 43.2. The molecule has 9 heteroatoms. The topological polar surface area (TPSA) is 74.0 Å². The van der Waals surface area contributed by atoms with Crippen molar-refractivity contribution in [3.63, 3.8) is 0 Å². The van der Waals surface area contributed by atoms with Gasteiger partial charge in [0.05, 0.1) is 22.3 Å². The standard InChI is InChI=1S/C18H17F3N2O4/c1-17(2,3)27-22-11-12-10-15(8-9-16(12)23(24)25)26-14-6-4-13(5-7-14)18(19,20)21/h4-11H,1-3H3. The lowest BCUT2D eigenvalue weighted by Gasteiger charge is -2.14. The summed E-state index contributed by atoms with van der Waals surface area (Å²) in [5, 5.41) is 14.9. The fourth-order valence-corrected chi connectivity index (χ4v) is 1.96. The Kier molecular flexibility index (Phi) is 5.72. The molecule has 2 aromatic rings. The summed E-state index contributed by atoms with van der Waals surface area (Å²) >= 11 is 0. The zero-order valence-corrected chi connectivity index (χ0v) is 14.8. The van der Waals surface area contributed by atoms with Crippen molar-refractivity contribution in [3.05, 3.63) is 63.7 Å². The number of benzene rings is 2. The lowest BCUT2D eigenvalue weighted by Crippen LogP contribution is -2.15. The predicted molar refractivity (Wildman–Crippen MR) is 93.0 cm³/mol. The van der Waals surface area contributed by atoms with Gasteiger partial charge in [0.1, 0.15) is 17.1 Å². The van der Waals surface area contributed by atoms with E-state index in [4.69, 9.17) is 9.57 Å². The highest BCUT2D eigenvalue weighted by atomic mass is 19.4. The van der Waals surface area contributed by atoms with E-state index < -0.39 is 22.3 Å². The Bertz CT molecular complexity index is 841. The quantitative estimate of drug-likeness (QED) is 0.386. The third-order valence-electron chi connectivity index (χ3n) is 3.13. The Morgan fingerprint density at radius 1 is 1.04 bits per heavy atom. The maximum absolute atomic E-state index is 12.6. The van der Waals surface area contributed by atoms with Crippen LogP contribution in [0.2, 0.25) is 0 Å². The summed E-state index contributed by atoms with van der Waals surface area (Å²) in [6, 6.07) is 8.03. The molecular formula is C18H17F3N2O4. The molecule has 0 saturated heterocycles. The van der Waals surface area contributed by atoms with Crippen LogP contribution in [-0.2, 0) is 11.0 Å². The van der Waals surface area contributed by atoms with Gasteiger partial charge >= 0.3 is 6.18 Å². The number of nitrogens with zero attached hydrogens (tertiary/aromatic N) is 2. The molecule has 2 rings (SSSR count). The van der Waals surface area contributed by atoms with Gasteiger partial charge in [-0.2, -0.15) is 13.2 Å². The van der Waals surface area contributed by atoms with Crippen LogP contribution in [0.15, 0.2) is 47.6 Å². The molecule has 0 radical (unpaired) electrons. The molecule has 27 heavy (non-hydrogen) atoms. The molecule has 0 aliphatic rings. The number of oxime groups is 1. The van der Waals surface area contributed by atoms with Gasteiger partial charge in [-0.25, -0.2) is 0 Å². The molecule has 0 N–H and O–H groups in total. The van der Waals surface area contributed by atoms with Crippen molar-refractivity contribution in [2.24, 2.45) is 5.16 Å². The Morgan fingerprint density at radius 2 is 1.63 bits per heavy atom. The largest absolute Gasteiger partial charge is 0.457 e. The minimum atomic E-state index is -4.44. The highest BCUT2D eigenvalue weighted by Crippen LogP contribution is 2.32. The summed E-state index contributed by atoms with van der Waals surface area (Å²) in [5.41, 5.74) is -1.45. The average Bonchev–Trinajstić information content (AvgIpc) is 2.53. The van der Waals surface area contributed by atoms with Crippen molar-refractivity contribution < 1.29 is 27.7 Å². The monoisotopic (exact) mass is 382 g/mol. The second-order valence-electron chi connectivity index (χ2n) is 6.54.